The van der Waals surface area contributed by atoms with Crippen LogP contribution in [0.1, 0.15) is 16.8 Å². The Kier molecular flexibility index (Phi) is 6.06. The third-order valence-corrected chi connectivity index (χ3v) is 4.49. The first-order chi connectivity index (χ1) is 10.3. The molecular weight excluding hydrogens is 302 g/mol. The van der Waals surface area contributed by atoms with Gasteiger partial charge in [-0.2, -0.15) is 0 Å². The maximum absolute atomic E-state index is 12.5. The molecular formula is C16H24ClN3O2. The minimum atomic E-state index is 0. The van der Waals surface area contributed by atoms with Gasteiger partial charge >= 0.3 is 0 Å². The molecule has 0 aromatic heterocycles. The standard InChI is InChI=1S/C16H23N3O2.ClH/c1-21-15-4-2-13(3-5-15)16(20)19-10-8-18(9-11-19)14-6-7-17-12-14;/h2-5,14,17H,6-12H2,1H3;1H. The average Bonchev–Trinajstić information content (AvgIpc) is 3.09. The lowest BCUT2D eigenvalue weighted by atomic mass is 10.1. The van der Waals surface area contributed by atoms with Crippen molar-refractivity contribution in [2.75, 3.05) is 46.4 Å². The Morgan fingerprint density at radius 1 is 1.18 bits per heavy atom. The zero-order valence-corrected chi connectivity index (χ0v) is 13.8. The van der Waals surface area contributed by atoms with Gasteiger partial charge in [0.15, 0.2) is 0 Å². The number of benzene rings is 1. The van der Waals surface area contributed by atoms with Gasteiger partial charge in [-0.3, -0.25) is 9.69 Å². The molecule has 5 nitrogen and oxygen atoms in total. The van der Waals surface area contributed by atoms with Crippen molar-refractivity contribution in [2.45, 2.75) is 12.5 Å². The summed E-state index contributed by atoms with van der Waals surface area (Å²) in [5.74, 6) is 0.909. The van der Waals surface area contributed by atoms with Gasteiger partial charge in [0.05, 0.1) is 7.11 Å². The Morgan fingerprint density at radius 3 is 2.41 bits per heavy atom. The van der Waals surface area contributed by atoms with Crippen molar-refractivity contribution in [3.8, 4) is 5.75 Å². The third kappa shape index (κ3) is 3.72. The van der Waals surface area contributed by atoms with E-state index in [2.05, 4.69) is 10.2 Å². The molecule has 1 aromatic carbocycles. The quantitative estimate of drug-likeness (QED) is 0.908. The highest BCUT2D eigenvalue weighted by atomic mass is 35.5. The number of carbonyl (C=O) groups excluding carboxylic acids is 1. The summed E-state index contributed by atoms with van der Waals surface area (Å²) in [5, 5.41) is 3.41. The fourth-order valence-electron chi connectivity index (χ4n) is 3.16. The van der Waals surface area contributed by atoms with E-state index >= 15 is 0 Å². The van der Waals surface area contributed by atoms with E-state index in [-0.39, 0.29) is 18.3 Å². The zero-order valence-electron chi connectivity index (χ0n) is 13.0. The second-order valence-electron chi connectivity index (χ2n) is 5.70. The molecule has 2 aliphatic heterocycles. The molecule has 1 N–H and O–H groups in total. The molecule has 1 amide bonds. The molecule has 2 saturated heterocycles. The van der Waals surface area contributed by atoms with Gasteiger partial charge < -0.3 is 15.0 Å². The van der Waals surface area contributed by atoms with Crippen LogP contribution in [0.3, 0.4) is 0 Å². The topological polar surface area (TPSA) is 44.8 Å². The van der Waals surface area contributed by atoms with E-state index in [1.165, 1.54) is 6.42 Å². The van der Waals surface area contributed by atoms with E-state index in [9.17, 15) is 4.79 Å². The Balaban J connectivity index is 0.00000176. The Hall–Kier alpha value is -1.30. The molecule has 6 heteroatoms. The molecule has 1 aromatic rings. The van der Waals surface area contributed by atoms with Gasteiger partial charge in [-0.25, -0.2) is 0 Å². The summed E-state index contributed by atoms with van der Waals surface area (Å²) < 4.78 is 5.13. The minimum absolute atomic E-state index is 0. The second-order valence-corrected chi connectivity index (χ2v) is 5.70. The summed E-state index contributed by atoms with van der Waals surface area (Å²) in [6, 6.07) is 8.02. The Morgan fingerprint density at radius 2 is 1.86 bits per heavy atom. The van der Waals surface area contributed by atoms with Gasteiger partial charge in [0.25, 0.3) is 5.91 Å². The van der Waals surface area contributed by atoms with Gasteiger partial charge in [-0.15, -0.1) is 12.4 Å². The second kappa shape index (κ2) is 7.81. The van der Waals surface area contributed by atoms with Crippen molar-refractivity contribution in [1.82, 2.24) is 15.1 Å². The third-order valence-electron chi connectivity index (χ3n) is 4.49. The monoisotopic (exact) mass is 325 g/mol. The maximum atomic E-state index is 12.5. The van der Waals surface area contributed by atoms with Crippen molar-refractivity contribution >= 4 is 18.3 Å². The highest BCUT2D eigenvalue weighted by Gasteiger charge is 2.28. The van der Waals surface area contributed by atoms with Gasteiger partial charge in [-0.1, -0.05) is 0 Å². The number of nitrogens with one attached hydrogen (secondary N) is 1. The van der Waals surface area contributed by atoms with Crippen LogP contribution in [0.4, 0.5) is 0 Å². The van der Waals surface area contributed by atoms with Gasteiger partial charge in [0.2, 0.25) is 0 Å². The summed E-state index contributed by atoms with van der Waals surface area (Å²) in [6.07, 6.45) is 1.23. The molecule has 122 valence electrons. The number of piperazine rings is 1. The number of hydrogen-bond donors (Lipinski definition) is 1. The van der Waals surface area contributed by atoms with Crippen molar-refractivity contribution in [3.05, 3.63) is 29.8 Å². The van der Waals surface area contributed by atoms with E-state index in [0.717, 1.165) is 50.6 Å². The summed E-state index contributed by atoms with van der Waals surface area (Å²) >= 11 is 0. The molecule has 0 aliphatic carbocycles. The van der Waals surface area contributed by atoms with E-state index in [0.29, 0.717) is 6.04 Å². The molecule has 0 saturated carbocycles. The van der Waals surface area contributed by atoms with E-state index in [4.69, 9.17) is 4.74 Å². The van der Waals surface area contributed by atoms with Crippen LogP contribution < -0.4 is 10.1 Å². The molecule has 0 bridgehead atoms. The van der Waals surface area contributed by atoms with E-state index in [1.807, 2.05) is 29.2 Å². The van der Waals surface area contributed by atoms with Crippen LogP contribution in [0, 0.1) is 0 Å². The molecule has 0 radical (unpaired) electrons. The predicted octanol–water partition coefficient (Wildman–Crippen LogP) is 1.24. The number of methoxy groups -OCH3 is 1. The zero-order chi connectivity index (χ0) is 14.7. The fourth-order valence-corrected chi connectivity index (χ4v) is 3.16. The van der Waals surface area contributed by atoms with Crippen LogP contribution in [0.2, 0.25) is 0 Å². The number of nitrogens with zero attached hydrogens (tertiary/aromatic N) is 2. The summed E-state index contributed by atoms with van der Waals surface area (Å²) in [4.78, 5) is 17.0. The molecule has 0 spiro atoms. The van der Waals surface area contributed by atoms with Crippen molar-refractivity contribution in [3.63, 3.8) is 0 Å². The SMILES string of the molecule is COc1ccc(C(=O)N2CCN(C3CCNC3)CC2)cc1.Cl. The smallest absolute Gasteiger partial charge is 0.253 e. The fraction of sp³-hybridized carbons (Fsp3) is 0.562. The number of hydrogen-bond acceptors (Lipinski definition) is 4. The molecule has 2 aliphatic rings. The highest BCUT2D eigenvalue weighted by molar-refractivity contribution is 5.94. The lowest BCUT2D eigenvalue weighted by Crippen LogP contribution is -2.52. The van der Waals surface area contributed by atoms with E-state index < -0.39 is 0 Å². The lowest BCUT2D eigenvalue weighted by Gasteiger charge is -2.37. The van der Waals surface area contributed by atoms with Crippen molar-refractivity contribution < 1.29 is 9.53 Å². The molecule has 2 fully saturated rings. The average molecular weight is 326 g/mol. The first kappa shape index (κ1) is 17.1. The van der Waals surface area contributed by atoms with Crippen LogP contribution in [0.25, 0.3) is 0 Å². The van der Waals surface area contributed by atoms with Gasteiger partial charge in [0, 0.05) is 44.3 Å². The van der Waals surface area contributed by atoms with Crippen molar-refractivity contribution in [1.29, 1.82) is 0 Å². The number of rotatable bonds is 3. The van der Waals surface area contributed by atoms with Crippen LogP contribution in [0.5, 0.6) is 5.75 Å². The maximum Gasteiger partial charge on any atom is 0.253 e. The Labute approximate surface area is 138 Å². The van der Waals surface area contributed by atoms with Crippen LogP contribution in [-0.4, -0.2) is 68.1 Å². The number of carbonyl (C=O) groups is 1. The summed E-state index contributed by atoms with van der Waals surface area (Å²) in [6.45, 7) is 5.81. The van der Waals surface area contributed by atoms with Gasteiger partial charge in [0.1, 0.15) is 5.75 Å². The molecule has 1 unspecified atom stereocenters. The molecule has 1 atom stereocenters. The van der Waals surface area contributed by atoms with Gasteiger partial charge in [-0.05, 0) is 37.2 Å². The molecule has 2 heterocycles. The number of halogens is 1. The molecule has 3 rings (SSSR count). The largest absolute Gasteiger partial charge is 0.497 e. The normalized spacial score (nSPS) is 22.2. The Bertz CT molecular complexity index is 481. The number of amides is 1. The summed E-state index contributed by atoms with van der Waals surface area (Å²) in [5.41, 5.74) is 0.742. The highest BCUT2D eigenvalue weighted by Crippen LogP contribution is 2.16. The predicted molar refractivity (Wildman–Crippen MR) is 89.0 cm³/mol. The minimum Gasteiger partial charge on any atom is -0.497 e. The van der Waals surface area contributed by atoms with Crippen LogP contribution in [-0.2, 0) is 0 Å². The van der Waals surface area contributed by atoms with Crippen LogP contribution in [0.15, 0.2) is 24.3 Å². The lowest BCUT2D eigenvalue weighted by molar-refractivity contribution is 0.0584. The van der Waals surface area contributed by atoms with Crippen molar-refractivity contribution in [2.24, 2.45) is 0 Å². The number of ether oxygens (including phenoxy) is 1. The van der Waals surface area contributed by atoms with Crippen LogP contribution >= 0.6 is 12.4 Å². The summed E-state index contributed by atoms with van der Waals surface area (Å²) in [7, 11) is 1.63. The first-order valence-corrected chi connectivity index (χ1v) is 7.66. The first-order valence-electron chi connectivity index (χ1n) is 7.66. The molecule has 22 heavy (non-hydrogen) atoms. The van der Waals surface area contributed by atoms with E-state index in [1.54, 1.807) is 7.11 Å².